The number of nitrogens with two attached hydrogens (primary N) is 1. The molecule has 0 unspecified atom stereocenters. The molecule has 0 saturated carbocycles. The molecule has 3 aromatic rings. The zero-order valence-corrected chi connectivity index (χ0v) is 14.9. The third kappa shape index (κ3) is 2.74. The summed E-state index contributed by atoms with van der Waals surface area (Å²) in [5.74, 6) is -0.854. The van der Waals surface area contributed by atoms with Gasteiger partial charge in [-0.1, -0.05) is 43.0 Å². The molecule has 1 aliphatic rings. The topological polar surface area (TPSA) is 60.9 Å². The Bertz CT molecular complexity index is 1050. The molecule has 4 nitrogen and oxygen atoms in total. The van der Waals surface area contributed by atoms with E-state index < -0.39 is 11.3 Å². The van der Waals surface area contributed by atoms with Crippen LogP contribution in [0.3, 0.4) is 0 Å². The smallest absolute Gasteiger partial charge is 0.270 e. The van der Waals surface area contributed by atoms with E-state index in [-0.39, 0.29) is 17.5 Å². The lowest BCUT2D eigenvalue weighted by molar-refractivity contribution is 0.0950. The van der Waals surface area contributed by atoms with Crippen molar-refractivity contribution in [2.75, 3.05) is 5.73 Å². The van der Waals surface area contributed by atoms with Crippen molar-refractivity contribution in [3.05, 3.63) is 101 Å². The number of rotatable bonds is 3. The van der Waals surface area contributed by atoms with Crippen molar-refractivity contribution in [2.45, 2.75) is 11.8 Å². The van der Waals surface area contributed by atoms with E-state index in [9.17, 15) is 13.6 Å². The fraction of sp³-hybridized carbons (Fsp3) is 0.0909. The summed E-state index contributed by atoms with van der Waals surface area (Å²) in [7, 11) is 0. The highest BCUT2D eigenvalue weighted by atomic mass is 19.1. The van der Waals surface area contributed by atoms with Gasteiger partial charge in [-0.05, 0) is 41.5 Å². The van der Waals surface area contributed by atoms with E-state index in [4.69, 9.17) is 5.73 Å². The molecule has 0 aliphatic heterocycles. The summed E-state index contributed by atoms with van der Waals surface area (Å²) in [6.45, 7) is 3.51. The molecule has 28 heavy (non-hydrogen) atoms. The Morgan fingerprint density at radius 2 is 1.61 bits per heavy atom. The summed E-state index contributed by atoms with van der Waals surface area (Å²) in [4.78, 5) is 12.3. The lowest BCUT2D eigenvalue weighted by atomic mass is 9.68. The molecule has 1 aromatic heterocycles. The number of nitrogen functional groups attached to an aromatic ring is 1. The van der Waals surface area contributed by atoms with Crippen LogP contribution < -0.4 is 5.73 Å². The van der Waals surface area contributed by atoms with Crippen molar-refractivity contribution in [3.8, 4) is 0 Å². The molecule has 0 atom stereocenters. The molecule has 1 aliphatic carbocycles. The summed E-state index contributed by atoms with van der Waals surface area (Å²) in [5.41, 5.74) is 8.15. The number of carbonyl (C=O) groups is 1. The van der Waals surface area contributed by atoms with Crippen LogP contribution in [0.15, 0.2) is 67.3 Å². The van der Waals surface area contributed by atoms with Gasteiger partial charge in [0.1, 0.15) is 11.6 Å². The van der Waals surface area contributed by atoms with Crippen LogP contribution in [-0.4, -0.2) is 15.7 Å². The van der Waals surface area contributed by atoms with Crippen molar-refractivity contribution in [1.82, 2.24) is 9.78 Å². The molecule has 1 heterocycles. The summed E-state index contributed by atoms with van der Waals surface area (Å²) >= 11 is 0. The van der Waals surface area contributed by atoms with Crippen LogP contribution in [0.25, 0.3) is 6.08 Å². The Morgan fingerprint density at radius 1 is 1.07 bits per heavy atom. The first kappa shape index (κ1) is 17.9. The number of fused-ring (bicyclic) bond motifs is 1. The van der Waals surface area contributed by atoms with Gasteiger partial charge in [-0.15, -0.1) is 5.10 Å². The molecule has 0 amide bonds. The van der Waals surface area contributed by atoms with Crippen LogP contribution in [-0.2, 0) is 11.8 Å². The van der Waals surface area contributed by atoms with E-state index in [0.717, 1.165) is 11.1 Å². The highest BCUT2D eigenvalue weighted by Crippen LogP contribution is 2.42. The molecule has 6 heteroatoms. The minimum Gasteiger partial charge on any atom is -0.382 e. The summed E-state index contributed by atoms with van der Waals surface area (Å²) in [6.07, 6.45) is 5.26. The maximum Gasteiger partial charge on any atom is 0.270 e. The Morgan fingerprint density at radius 3 is 2.11 bits per heavy atom. The number of nitrogens with zero attached hydrogens (tertiary/aromatic N) is 2. The van der Waals surface area contributed by atoms with Crippen LogP contribution in [0.2, 0.25) is 0 Å². The number of carbonyl (C=O) groups excluding carboxylic acids is 1. The van der Waals surface area contributed by atoms with Crippen LogP contribution in [0, 0.1) is 11.6 Å². The first-order chi connectivity index (χ1) is 13.4. The molecule has 0 spiro atoms. The monoisotopic (exact) mass is 377 g/mol. The SMILES string of the molecule is C=CC(=O)n1nc(N)c2c1CC(c1ccc(F)cc1)(c1ccc(F)cc1)C=C2. The quantitative estimate of drug-likeness (QED) is 0.699. The Labute approximate surface area is 160 Å². The van der Waals surface area contributed by atoms with Gasteiger partial charge < -0.3 is 5.73 Å². The first-order valence-electron chi connectivity index (χ1n) is 8.70. The maximum absolute atomic E-state index is 13.5. The van der Waals surface area contributed by atoms with Gasteiger partial charge in [0.05, 0.1) is 5.69 Å². The predicted molar refractivity (Wildman–Crippen MR) is 104 cm³/mol. The minimum absolute atomic E-state index is 0.244. The molecule has 0 saturated heterocycles. The number of anilines is 1. The number of allylic oxidation sites excluding steroid dienone is 2. The predicted octanol–water partition coefficient (Wildman–Crippen LogP) is 4.13. The second-order valence-corrected chi connectivity index (χ2v) is 6.70. The van der Waals surface area contributed by atoms with Crippen LogP contribution in [0.5, 0.6) is 0 Å². The van der Waals surface area contributed by atoms with Crippen molar-refractivity contribution in [1.29, 1.82) is 0 Å². The lowest BCUT2D eigenvalue weighted by Crippen LogP contribution is -2.32. The second-order valence-electron chi connectivity index (χ2n) is 6.70. The van der Waals surface area contributed by atoms with Gasteiger partial charge in [-0.25, -0.2) is 8.78 Å². The highest BCUT2D eigenvalue weighted by molar-refractivity contribution is 5.90. The van der Waals surface area contributed by atoms with Crippen LogP contribution in [0.1, 0.15) is 27.2 Å². The van der Waals surface area contributed by atoms with E-state index in [2.05, 4.69) is 11.7 Å². The molecule has 4 rings (SSSR count). The number of aromatic nitrogens is 2. The lowest BCUT2D eigenvalue weighted by Gasteiger charge is -2.35. The Hall–Kier alpha value is -3.54. The van der Waals surface area contributed by atoms with Gasteiger partial charge in [0.2, 0.25) is 0 Å². The van der Waals surface area contributed by atoms with Crippen molar-refractivity contribution in [3.63, 3.8) is 0 Å². The van der Waals surface area contributed by atoms with Gasteiger partial charge in [-0.2, -0.15) is 4.68 Å². The Balaban J connectivity index is 1.94. The first-order valence-corrected chi connectivity index (χ1v) is 8.70. The molecule has 140 valence electrons. The third-order valence-electron chi connectivity index (χ3n) is 5.13. The summed E-state index contributed by atoms with van der Waals surface area (Å²) in [6, 6.07) is 12.3. The molecule has 2 aromatic carbocycles. The number of hydrogen-bond donors (Lipinski definition) is 1. The average Bonchev–Trinajstić information content (AvgIpc) is 3.04. The number of hydrogen-bond acceptors (Lipinski definition) is 3. The van der Waals surface area contributed by atoms with Crippen molar-refractivity contribution < 1.29 is 13.6 Å². The van der Waals surface area contributed by atoms with Crippen LogP contribution in [0.4, 0.5) is 14.6 Å². The molecule has 0 bridgehead atoms. The van der Waals surface area contributed by atoms with Gasteiger partial charge in [-0.3, -0.25) is 4.79 Å². The van der Waals surface area contributed by atoms with Gasteiger partial charge in [0.15, 0.2) is 5.82 Å². The third-order valence-corrected chi connectivity index (χ3v) is 5.13. The zero-order valence-electron chi connectivity index (χ0n) is 14.9. The molecular weight excluding hydrogens is 360 g/mol. The number of benzene rings is 2. The standard InChI is InChI=1S/C22H17F2N3O/c1-2-20(28)27-19-13-22(12-11-18(19)21(25)26-27,14-3-7-16(23)8-4-14)15-5-9-17(24)10-6-15/h2-12H,1,13H2,(H2,25,26). The fourth-order valence-corrected chi connectivity index (χ4v) is 3.71. The molecule has 0 radical (unpaired) electrons. The molecule has 0 fully saturated rings. The van der Waals surface area contributed by atoms with E-state index in [1.165, 1.54) is 35.0 Å². The summed E-state index contributed by atoms with van der Waals surface area (Å²) in [5, 5.41) is 4.15. The largest absolute Gasteiger partial charge is 0.382 e. The molecular formula is C22H17F2N3O. The molecule has 2 N–H and O–H groups in total. The average molecular weight is 377 g/mol. The van der Waals surface area contributed by atoms with E-state index in [0.29, 0.717) is 17.7 Å². The van der Waals surface area contributed by atoms with Crippen molar-refractivity contribution in [2.24, 2.45) is 0 Å². The summed E-state index contributed by atoms with van der Waals surface area (Å²) < 4.78 is 28.3. The fourth-order valence-electron chi connectivity index (χ4n) is 3.71. The van der Waals surface area contributed by atoms with Crippen LogP contribution >= 0.6 is 0 Å². The van der Waals surface area contributed by atoms with E-state index >= 15 is 0 Å². The van der Waals surface area contributed by atoms with E-state index in [1.54, 1.807) is 30.3 Å². The normalized spacial score (nSPS) is 14.5. The number of halogens is 2. The van der Waals surface area contributed by atoms with Gasteiger partial charge in [0, 0.05) is 17.4 Å². The minimum atomic E-state index is -0.736. The zero-order chi connectivity index (χ0) is 19.9. The van der Waals surface area contributed by atoms with E-state index in [1.807, 2.05) is 6.08 Å². The van der Waals surface area contributed by atoms with Gasteiger partial charge >= 0.3 is 0 Å². The second kappa shape index (κ2) is 6.56. The highest BCUT2D eigenvalue weighted by Gasteiger charge is 2.38. The van der Waals surface area contributed by atoms with Crippen molar-refractivity contribution >= 4 is 17.8 Å². The Kier molecular flexibility index (Phi) is 4.19. The maximum atomic E-state index is 13.5. The van der Waals surface area contributed by atoms with Gasteiger partial charge in [0.25, 0.3) is 5.91 Å².